The van der Waals surface area contributed by atoms with Crippen LogP contribution in [0.3, 0.4) is 0 Å². The number of carbonyl (C=O) groups is 3. The van der Waals surface area contributed by atoms with Gasteiger partial charge in [0.2, 0.25) is 0 Å². The van der Waals surface area contributed by atoms with Crippen LogP contribution in [0.15, 0.2) is 67.0 Å². The molecule has 3 heterocycles. The van der Waals surface area contributed by atoms with Crippen molar-refractivity contribution in [2.24, 2.45) is 0 Å². The van der Waals surface area contributed by atoms with Crippen molar-refractivity contribution in [3.8, 4) is 0 Å². The van der Waals surface area contributed by atoms with E-state index in [1.165, 1.54) is 4.90 Å². The van der Waals surface area contributed by atoms with Gasteiger partial charge in [0.25, 0.3) is 17.7 Å². The van der Waals surface area contributed by atoms with Gasteiger partial charge in [0.05, 0.1) is 23.4 Å². The largest absolute Gasteiger partial charge is 0.378 e. The molecule has 178 valence electrons. The normalized spacial score (nSPS) is 16.5. The molecule has 0 saturated carbocycles. The van der Waals surface area contributed by atoms with Gasteiger partial charge in [-0.05, 0) is 29.8 Å². The van der Waals surface area contributed by atoms with Crippen molar-refractivity contribution in [3.05, 3.63) is 94.3 Å². The van der Waals surface area contributed by atoms with Crippen LogP contribution in [0.25, 0.3) is 0 Å². The first-order valence-electron chi connectivity index (χ1n) is 11.3. The summed E-state index contributed by atoms with van der Waals surface area (Å²) in [6.45, 7) is 1.81. The molecule has 0 spiro atoms. The zero-order valence-corrected chi connectivity index (χ0v) is 19.6. The van der Waals surface area contributed by atoms with Gasteiger partial charge < -0.3 is 14.9 Å². The number of amides is 3. The molecule has 1 N–H and O–H groups in total. The second kappa shape index (κ2) is 9.48. The second-order valence-corrected chi connectivity index (χ2v) is 8.90. The molecule has 5 rings (SSSR count). The van der Waals surface area contributed by atoms with Gasteiger partial charge in [-0.3, -0.25) is 24.3 Å². The minimum absolute atomic E-state index is 0.155. The lowest BCUT2D eigenvalue weighted by atomic mass is 10.1. The number of nitrogens with zero attached hydrogens (tertiary/aromatic N) is 4. The Kier molecular flexibility index (Phi) is 6.23. The van der Waals surface area contributed by atoms with Gasteiger partial charge in [-0.2, -0.15) is 0 Å². The Labute approximate surface area is 207 Å². The molecule has 2 aliphatic rings. The number of piperazine rings is 1. The summed E-state index contributed by atoms with van der Waals surface area (Å²) < 4.78 is 0. The monoisotopic (exact) mass is 490 g/mol. The quantitative estimate of drug-likeness (QED) is 0.553. The first kappa shape index (κ1) is 23.0. The summed E-state index contributed by atoms with van der Waals surface area (Å²) in [5.74, 6) is -1.07. The van der Waals surface area contributed by atoms with E-state index in [1.54, 1.807) is 59.8 Å². The molecule has 1 unspecified atom stereocenters. The molecule has 35 heavy (non-hydrogen) atoms. The number of fused-ring (bicyclic) bond motifs is 1. The van der Waals surface area contributed by atoms with E-state index in [1.807, 2.05) is 17.0 Å². The van der Waals surface area contributed by atoms with E-state index in [9.17, 15) is 19.5 Å². The standard InChI is InChI=1S/C26H23ClN4O4/c27-20-8-2-1-6-18(20)23(32)26(35)30-13-11-29(12-14-30)21-9-3-7-19-22(21)25(34)31(24(19)33)16-17-5-4-10-28-15-17/h1-10,15,23,32H,11-14,16H2. The van der Waals surface area contributed by atoms with Gasteiger partial charge in [-0.15, -0.1) is 0 Å². The Hall–Kier alpha value is -3.75. The fourth-order valence-electron chi connectivity index (χ4n) is 4.57. The Morgan fingerprint density at radius 3 is 2.46 bits per heavy atom. The Morgan fingerprint density at radius 2 is 1.74 bits per heavy atom. The van der Waals surface area contributed by atoms with E-state index in [4.69, 9.17) is 11.6 Å². The number of aliphatic hydroxyl groups is 1. The van der Waals surface area contributed by atoms with Crippen LogP contribution in [-0.2, 0) is 11.3 Å². The van der Waals surface area contributed by atoms with E-state index >= 15 is 0 Å². The van der Waals surface area contributed by atoms with Crippen molar-refractivity contribution < 1.29 is 19.5 Å². The van der Waals surface area contributed by atoms with Crippen molar-refractivity contribution in [3.63, 3.8) is 0 Å². The van der Waals surface area contributed by atoms with Gasteiger partial charge in [0.15, 0.2) is 6.10 Å². The number of anilines is 1. The average molecular weight is 491 g/mol. The predicted octanol–water partition coefficient (Wildman–Crippen LogP) is 2.91. The topological polar surface area (TPSA) is 94.1 Å². The molecule has 1 atom stereocenters. The highest BCUT2D eigenvalue weighted by Crippen LogP contribution is 2.33. The van der Waals surface area contributed by atoms with E-state index < -0.39 is 12.0 Å². The first-order chi connectivity index (χ1) is 17.0. The molecule has 8 nitrogen and oxygen atoms in total. The zero-order chi connectivity index (χ0) is 24.5. The summed E-state index contributed by atoms with van der Waals surface area (Å²) in [5.41, 5.74) is 2.59. The van der Waals surface area contributed by atoms with Crippen molar-refractivity contribution in [1.82, 2.24) is 14.8 Å². The van der Waals surface area contributed by atoms with Crippen molar-refractivity contribution in [1.29, 1.82) is 0 Å². The maximum absolute atomic E-state index is 13.3. The highest BCUT2D eigenvalue weighted by molar-refractivity contribution is 6.31. The predicted molar refractivity (Wildman–Crippen MR) is 130 cm³/mol. The molecule has 2 aromatic carbocycles. The van der Waals surface area contributed by atoms with Crippen LogP contribution >= 0.6 is 11.6 Å². The Balaban J connectivity index is 1.31. The molecular weight excluding hydrogens is 468 g/mol. The van der Waals surface area contributed by atoms with Crippen LogP contribution in [0.4, 0.5) is 5.69 Å². The number of aromatic nitrogens is 1. The number of halogens is 1. The lowest BCUT2D eigenvalue weighted by Crippen LogP contribution is -2.50. The van der Waals surface area contributed by atoms with Gasteiger partial charge in [0, 0.05) is 49.2 Å². The molecule has 0 radical (unpaired) electrons. The highest BCUT2D eigenvalue weighted by Gasteiger charge is 2.39. The Bertz CT molecular complexity index is 1290. The molecule has 0 bridgehead atoms. The van der Waals surface area contributed by atoms with Crippen LogP contribution in [0.1, 0.15) is 37.9 Å². The summed E-state index contributed by atoms with van der Waals surface area (Å²) in [5, 5.41) is 10.9. The average Bonchev–Trinajstić information content (AvgIpc) is 3.14. The number of pyridine rings is 1. The lowest BCUT2D eigenvalue weighted by molar-refractivity contribution is -0.140. The fraction of sp³-hybridized carbons (Fsp3) is 0.231. The molecular formula is C26H23ClN4O4. The van der Waals surface area contributed by atoms with Gasteiger partial charge in [0.1, 0.15) is 0 Å². The number of benzene rings is 2. The van der Waals surface area contributed by atoms with Crippen LogP contribution < -0.4 is 4.90 Å². The maximum atomic E-state index is 13.3. The summed E-state index contributed by atoms with van der Waals surface area (Å²) in [4.78, 5) is 48.1. The Morgan fingerprint density at radius 1 is 0.971 bits per heavy atom. The molecule has 1 saturated heterocycles. The number of imide groups is 1. The summed E-state index contributed by atoms with van der Waals surface area (Å²) in [7, 11) is 0. The molecule has 3 aromatic rings. The SMILES string of the molecule is O=C(C(O)c1ccccc1Cl)N1CCN(c2cccc3c2C(=O)N(Cc2cccnc2)C3=O)CC1. The minimum atomic E-state index is -1.34. The van der Waals surface area contributed by atoms with E-state index in [0.717, 1.165) is 5.56 Å². The number of rotatable bonds is 5. The van der Waals surface area contributed by atoms with Crippen LogP contribution in [-0.4, -0.2) is 63.8 Å². The smallest absolute Gasteiger partial charge is 0.263 e. The molecule has 1 aromatic heterocycles. The zero-order valence-electron chi connectivity index (χ0n) is 18.8. The number of hydrogen-bond acceptors (Lipinski definition) is 6. The third-order valence-corrected chi connectivity index (χ3v) is 6.75. The summed E-state index contributed by atoms with van der Waals surface area (Å²) in [6, 6.07) is 15.6. The van der Waals surface area contributed by atoms with E-state index in [-0.39, 0.29) is 18.4 Å². The van der Waals surface area contributed by atoms with Crippen molar-refractivity contribution >= 4 is 35.0 Å². The molecule has 9 heteroatoms. The van der Waals surface area contributed by atoms with Crippen LogP contribution in [0.2, 0.25) is 5.02 Å². The van der Waals surface area contributed by atoms with Gasteiger partial charge in [-0.1, -0.05) is 41.9 Å². The van der Waals surface area contributed by atoms with Crippen molar-refractivity contribution in [2.45, 2.75) is 12.6 Å². The summed E-state index contributed by atoms with van der Waals surface area (Å²) in [6.07, 6.45) is 1.94. The summed E-state index contributed by atoms with van der Waals surface area (Å²) >= 11 is 6.14. The first-order valence-corrected chi connectivity index (χ1v) is 11.7. The number of hydrogen-bond donors (Lipinski definition) is 1. The van der Waals surface area contributed by atoms with Gasteiger partial charge >= 0.3 is 0 Å². The maximum Gasteiger partial charge on any atom is 0.263 e. The third kappa shape index (κ3) is 4.26. The van der Waals surface area contributed by atoms with Gasteiger partial charge in [-0.25, -0.2) is 0 Å². The van der Waals surface area contributed by atoms with E-state index in [2.05, 4.69) is 4.98 Å². The highest BCUT2D eigenvalue weighted by atomic mass is 35.5. The number of aliphatic hydroxyl groups excluding tert-OH is 1. The van der Waals surface area contributed by atoms with Crippen molar-refractivity contribution in [2.75, 3.05) is 31.1 Å². The minimum Gasteiger partial charge on any atom is -0.378 e. The van der Waals surface area contributed by atoms with E-state index in [0.29, 0.717) is 53.6 Å². The molecule has 3 amide bonds. The molecule has 0 aliphatic carbocycles. The third-order valence-electron chi connectivity index (χ3n) is 6.41. The number of carbonyl (C=O) groups excluding carboxylic acids is 3. The fourth-order valence-corrected chi connectivity index (χ4v) is 4.81. The van der Waals surface area contributed by atoms with Crippen LogP contribution in [0, 0.1) is 0 Å². The molecule has 2 aliphatic heterocycles. The lowest BCUT2D eigenvalue weighted by Gasteiger charge is -2.37. The molecule has 1 fully saturated rings. The second-order valence-electron chi connectivity index (χ2n) is 8.49. The van der Waals surface area contributed by atoms with Crippen LogP contribution in [0.5, 0.6) is 0 Å².